The van der Waals surface area contributed by atoms with Crippen LogP contribution in [-0.2, 0) is 29.6 Å². The molecule has 37 heavy (non-hydrogen) atoms. The number of piperidine rings is 1. The summed E-state index contributed by atoms with van der Waals surface area (Å²) in [6, 6.07) is 8.88. The number of ether oxygens (including phenoxy) is 2. The van der Waals surface area contributed by atoms with Crippen LogP contribution in [0.15, 0.2) is 45.9 Å². The van der Waals surface area contributed by atoms with Gasteiger partial charge in [-0.15, -0.1) is 5.92 Å². The molecule has 11 heteroatoms. The maximum absolute atomic E-state index is 13.7. The molecular weight excluding hydrogens is 474 g/mol. The number of benzene rings is 1. The Hall–Kier alpha value is -4.48. The number of nitriles is 1. The molecule has 4 heterocycles. The summed E-state index contributed by atoms with van der Waals surface area (Å²) in [5.41, 5.74) is 7.02. The second-order valence-corrected chi connectivity index (χ2v) is 9.08. The fraction of sp³-hybridized carbons (Fsp3) is 0.385. The molecule has 2 unspecified atom stereocenters. The molecule has 2 N–H and O–H groups in total. The van der Waals surface area contributed by atoms with Gasteiger partial charge >= 0.3 is 5.69 Å². The molecular formula is C26H27N7O4. The Morgan fingerprint density at radius 1 is 1.22 bits per heavy atom. The van der Waals surface area contributed by atoms with E-state index in [1.54, 1.807) is 42.8 Å². The fourth-order valence-corrected chi connectivity index (χ4v) is 4.66. The van der Waals surface area contributed by atoms with Crippen LogP contribution < -0.4 is 21.9 Å². The number of anilines is 1. The second-order valence-electron chi connectivity index (χ2n) is 9.08. The number of hydrogen-bond acceptors (Lipinski definition) is 8. The molecule has 2 aliphatic rings. The van der Waals surface area contributed by atoms with Crippen molar-refractivity contribution in [2.45, 2.75) is 45.2 Å². The summed E-state index contributed by atoms with van der Waals surface area (Å²) in [7, 11) is 1.59. The number of imidazole rings is 1. The van der Waals surface area contributed by atoms with Gasteiger partial charge < -0.3 is 20.1 Å². The minimum Gasteiger partial charge on any atom is -0.455 e. The van der Waals surface area contributed by atoms with E-state index in [0.29, 0.717) is 40.5 Å². The molecule has 0 aliphatic carbocycles. The van der Waals surface area contributed by atoms with Gasteiger partial charge in [-0.25, -0.2) is 4.79 Å². The van der Waals surface area contributed by atoms with Gasteiger partial charge in [-0.05, 0) is 31.9 Å². The molecule has 1 saturated heterocycles. The van der Waals surface area contributed by atoms with Crippen molar-refractivity contribution in [3.05, 3.63) is 68.3 Å². The smallest absolute Gasteiger partial charge is 0.332 e. The third kappa shape index (κ3) is 4.46. The van der Waals surface area contributed by atoms with Gasteiger partial charge in [0.05, 0.1) is 24.7 Å². The number of hydrogen-bond donors (Lipinski definition) is 1. The van der Waals surface area contributed by atoms with Gasteiger partial charge in [-0.1, -0.05) is 18.1 Å². The first-order chi connectivity index (χ1) is 17.9. The van der Waals surface area contributed by atoms with E-state index in [9.17, 15) is 9.59 Å². The molecule has 2 atom stereocenters. The maximum atomic E-state index is 13.7. The molecule has 190 valence electrons. The van der Waals surface area contributed by atoms with Crippen LogP contribution in [0.5, 0.6) is 0 Å². The zero-order valence-corrected chi connectivity index (χ0v) is 20.7. The Kier molecular flexibility index (Phi) is 6.47. The molecule has 1 fully saturated rings. The Morgan fingerprint density at radius 2 is 2.00 bits per heavy atom. The molecule has 0 amide bonds. The highest BCUT2D eigenvalue weighted by atomic mass is 16.7. The van der Waals surface area contributed by atoms with Gasteiger partial charge in [0.2, 0.25) is 5.95 Å². The molecule has 3 aromatic rings. The molecule has 0 spiro atoms. The van der Waals surface area contributed by atoms with Crippen LogP contribution in [0.25, 0.3) is 11.2 Å². The lowest BCUT2D eigenvalue weighted by Gasteiger charge is -2.31. The summed E-state index contributed by atoms with van der Waals surface area (Å²) in [6.07, 6.45) is 2.52. The first kappa shape index (κ1) is 24.2. The largest absolute Gasteiger partial charge is 0.455 e. The van der Waals surface area contributed by atoms with Crippen LogP contribution in [0.2, 0.25) is 0 Å². The number of fused-ring (bicyclic) bond motifs is 1. The first-order valence-corrected chi connectivity index (χ1v) is 12.0. The molecule has 2 aromatic heterocycles. The minimum atomic E-state index is -0.730. The van der Waals surface area contributed by atoms with Crippen LogP contribution in [0.4, 0.5) is 5.95 Å². The van der Waals surface area contributed by atoms with E-state index in [2.05, 4.69) is 22.8 Å². The minimum absolute atomic E-state index is 0.00949. The van der Waals surface area contributed by atoms with Gasteiger partial charge in [0.1, 0.15) is 6.26 Å². The third-order valence-corrected chi connectivity index (χ3v) is 6.57. The standard InChI is InChI=1S/C26H27N7O4/c1-3-4-12-32-21-22(29-25(32)31-11-5-6-19(28)14-31)30(2)26(35)33(23(21)34)15-20-16-36-24(37-20)18-9-7-17(13-27)8-10-18/h7-10,16,19,24H,5-6,11-12,14-15,28H2,1-2H3. The predicted octanol–water partition coefficient (Wildman–Crippen LogP) is 1.31. The van der Waals surface area contributed by atoms with Gasteiger partial charge in [0.15, 0.2) is 16.9 Å². The van der Waals surface area contributed by atoms with Crippen LogP contribution in [0.3, 0.4) is 0 Å². The average Bonchev–Trinajstić information content (AvgIpc) is 3.54. The van der Waals surface area contributed by atoms with E-state index in [0.717, 1.165) is 24.0 Å². The van der Waals surface area contributed by atoms with Crippen molar-refractivity contribution in [1.82, 2.24) is 18.7 Å². The second kappa shape index (κ2) is 9.88. The zero-order valence-electron chi connectivity index (χ0n) is 20.7. The quantitative estimate of drug-likeness (QED) is 0.518. The molecule has 5 rings (SSSR count). The summed E-state index contributed by atoms with van der Waals surface area (Å²) in [6.45, 7) is 3.25. The lowest BCUT2D eigenvalue weighted by atomic mass is 10.1. The van der Waals surface area contributed by atoms with Crippen molar-refractivity contribution >= 4 is 17.1 Å². The molecule has 1 aromatic carbocycles. The zero-order chi connectivity index (χ0) is 26.1. The highest BCUT2D eigenvalue weighted by Gasteiger charge is 2.28. The summed E-state index contributed by atoms with van der Waals surface area (Å²) >= 11 is 0. The summed E-state index contributed by atoms with van der Waals surface area (Å²) in [5.74, 6) is 6.81. The van der Waals surface area contributed by atoms with Crippen molar-refractivity contribution < 1.29 is 9.47 Å². The summed E-state index contributed by atoms with van der Waals surface area (Å²) in [4.78, 5) is 33.7. The lowest BCUT2D eigenvalue weighted by molar-refractivity contribution is -0.0363. The van der Waals surface area contributed by atoms with Gasteiger partial charge in [0.25, 0.3) is 11.8 Å². The van der Waals surface area contributed by atoms with E-state index in [1.165, 1.54) is 10.8 Å². The van der Waals surface area contributed by atoms with Crippen molar-refractivity contribution in [1.29, 1.82) is 5.26 Å². The predicted molar refractivity (Wildman–Crippen MR) is 136 cm³/mol. The van der Waals surface area contributed by atoms with Gasteiger partial charge in [0, 0.05) is 31.7 Å². The van der Waals surface area contributed by atoms with E-state index >= 15 is 0 Å². The lowest BCUT2D eigenvalue weighted by Crippen LogP contribution is -2.44. The van der Waals surface area contributed by atoms with Crippen molar-refractivity contribution in [2.24, 2.45) is 12.8 Å². The van der Waals surface area contributed by atoms with E-state index in [-0.39, 0.29) is 19.1 Å². The maximum Gasteiger partial charge on any atom is 0.332 e. The van der Waals surface area contributed by atoms with Crippen LogP contribution in [-0.4, -0.2) is 37.8 Å². The van der Waals surface area contributed by atoms with E-state index in [4.69, 9.17) is 25.5 Å². The van der Waals surface area contributed by atoms with E-state index < -0.39 is 17.5 Å². The number of nitrogens with zero attached hydrogens (tertiary/aromatic N) is 6. The van der Waals surface area contributed by atoms with E-state index in [1.807, 2.05) is 0 Å². The van der Waals surface area contributed by atoms with Crippen molar-refractivity contribution in [2.75, 3.05) is 18.0 Å². The molecule has 2 aliphatic heterocycles. The molecule has 11 nitrogen and oxygen atoms in total. The number of nitrogens with two attached hydrogens (primary N) is 1. The normalized spacial score (nSPS) is 19.0. The van der Waals surface area contributed by atoms with Crippen LogP contribution in [0, 0.1) is 23.2 Å². The van der Waals surface area contributed by atoms with Gasteiger partial charge in [-0.3, -0.25) is 18.5 Å². The molecule has 0 bridgehead atoms. The first-order valence-electron chi connectivity index (χ1n) is 12.0. The van der Waals surface area contributed by atoms with Crippen molar-refractivity contribution in [3.63, 3.8) is 0 Å². The topological polar surface area (TPSA) is 133 Å². The molecule has 0 saturated carbocycles. The summed E-state index contributed by atoms with van der Waals surface area (Å²) in [5, 5.41) is 9.00. The van der Waals surface area contributed by atoms with Crippen LogP contribution in [0.1, 0.15) is 37.2 Å². The fourth-order valence-electron chi connectivity index (χ4n) is 4.66. The highest BCUT2D eigenvalue weighted by molar-refractivity contribution is 5.75. The molecule has 0 radical (unpaired) electrons. The van der Waals surface area contributed by atoms with Gasteiger partial charge in [-0.2, -0.15) is 10.2 Å². The number of aromatic nitrogens is 4. The Bertz CT molecular complexity index is 1590. The Labute approximate surface area is 212 Å². The average molecular weight is 502 g/mol. The third-order valence-electron chi connectivity index (χ3n) is 6.57. The Morgan fingerprint density at radius 3 is 2.70 bits per heavy atom. The van der Waals surface area contributed by atoms with Crippen molar-refractivity contribution in [3.8, 4) is 17.9 Å². The highest BCUT2D eigenvalue weighted by Crippen LogP contribution is 2.29. The number of allylic oxidation sites excluding steroid dienone is 1. The monoisotopic (exact) mass is 501 g/mol. The summed E-state index contributed by atoms with van der Waals surface area (Å²) < 4.78 is 15.7. The SMILES string of the molecule is CC#CCn1c(N2CCCC(N)C2)nc2c1c(=O)n(CC1=COC(c3ccc(C#N)cc3)O1)c(=O)n2C. The number of rotatable bonds is 5. The van der Waals surface area contributed by atoms with Crippen LogP contribution >= 0.6 is 0 Å². The Balaban J connectivity index is 1.51. The number of aryl methyl sites for hydroxylation is 1.